The van der Waals surface area contributed by atoms with Crippen molar-refractivity contribution in [2.24, 2.45) is 0 Å². The number of fused-ring (bicyclic) bond motifs is 1. The van der Waals surface area contributed by atoms with E-state index in [0.717, 1.165) is 11.5 Å². The largest absolute Gasteiger partial charge is 0.573 e. The van der Waals surface area contributed by atoms with Crippen LogP contribution >= 0.6 is 22.9 Å². The molecule has 1 aliphatic heterocycles. The maximum absolute atomic E-state index is 12.5. The summed E-state index contributed by atoms with van der Waals surface area (Å²) in [7, 11) is 0. The summed E-state index contributed by atoms with van der Waals surface area (Å²) in [6, 6.07) is 4.10. The third-order valence-electron chi connectivity index (χ3n) is 4.27. The van der Waals surface area contributed by atoms with Gasteiger partial charge in [-0.1, -0.05) is 15.8 Å². The van der Waals surface area contributed by atoms with Crippen LogP contribution in [0.15, 0.2) is 18.2 Å². The number of aromatic nitrogens is 3. The van der Waals surface area contributed by atoms with Crippen molar-refractivity contribution in [2.75, 3.05) is 31.1 Å². The van der Waals surface area contributed by atoms with Crippen molar-refractivity contribution in [1.29, 1.82) is 0 Å². The Kier molecular flexibility index (Phi) is 4.83. The Labute approximate surface area is 165 Å². The van der Waals surface area contributed by atoms with Crippen LogP contribution in [0, 0.1) is 6.92 Å². The summed E-state index contributed by atoms with van der Waals surface area (Å²) in [5.41, 5.74) is 1.24. The van der Waals surface area contributed by atoms with Crippen molar-refractivity contribution < 1.29 is 22.7 Å². The number of amides is 1. The summed E-state index contributed by atoms with van der Waals surface area (Å²) in [6.07, 6.45) is -4.73. The molecule has 0 spiro atoms. The smallest absolute Gasteiger partial charge is 0.406 e. The van der Waals surface area contributed by atoms with Gasteiger partial charge >= 0.3 is 6.36 Å². The van der Waals surface area contributed by atoms with Crippen LogP contribution in [0.3, 0.4) is 0 Å². The van der Waals surface area contributed by atoms with Gasteiger partial charge in [0.2, 0.25) is 0 Å². The van der Waals surface area contributed by atoms with Gasteiger partial charge in [-0.2, -0.15) is 0 Å². The number of alkyl halides is 3. The number of nitrogens with zero attached hydrogens (tertiary/aromatic N) is 5. The molecule has 1 saturated heterocycles. The molecule has 0 radical (unpaired) electrons. The maximum Gasteiger partial charge on any atom is 0.573 e. The van der Waals surface area contributed by atoms with E-state index in [1.165, 1.54) is 29.5 Å². The van der Waals surface area contributed by atoms with Gasteiger partial charge in [0.15, 0.2) is 5.13 Å². The first-order valence-corrected chi connectivity index (χ1v) is 9.89. The van der Waals surface area contributed by atoms with Gasteiger partial charge in [0, 0.05) is 32.2 Å². The zero-order valence-corrected chi connectivity index (χ0v) is 16.2. The number of hydrogen-bond donors (Lipinski definition) is 0. The number of rotatable bonds is 3. The molecule has 28 heavy (non-hydrogen) atoms. The van der Waals surface area contributed by atoms with E-state index >= 15 is 0 Å². The number of carbonyl (C=O) groups excluding carboxylic acids is 1. The highest BCUT2D eigenvalue weighted by Crippen LogP contribution is 2.33. The number of benzene rings is 1. The van der Waals surface area contributed by atoms with Crippen LogP contribution in [0.2, 0.25) is 0 Å². The van der Waals surface area contributed by atoms with E-state index in [9.17, 15) is 18.0 Å². The lowest BCUT2D eigenvalue weighted by molar-refractivity contribution is -0.274. The third-order valence-corrected chi connectivity index (χ3v) is 6.16. The molecule has 3 aromatic rings. The first-order chi connectivity index (χ1) is 13.3. The van der Waals surface area contributed by atoms with Crippen LogP contribution in [0.4, 0.5) is 18.3 Å². The van der Waals surface area contributed by atoms with E-state index in [1.807, 2.05) is 4.90 Å². The van der Waals surface area contributed by atoms with E-state index in [-0.39, 0.29) is 11.7 Å². The van der Waals surface area contributed by atoms with E-state index in [1.54, 1.807) is 11.8 Å². The fraction of sp³-hybridized carbons (Fsp3) is 0.375. The van der Waals surface area contributed by atoms with Crippen LogP contribution < -0.4 is 9.64 Å². The lowest BCUT2D eigenvalue weighted by atomic mass is 10.3. The van der Waals surface area contributed by atoms with Crippen LogP contribution in [0.1, 0.15) is 15.4 Å². The second-order valence-electron chi connectivity index (χ2n) is 6.14. The van der Waals surface area contributed by atoms with E-state index in [2.05, 4.69) is 19.3 Å². The number of hydrogen-bond acceptors (Lipinski definition) is 8. The predicted molar refractivity (Wildman–Crippen MR) is 99.1 cm³/mol. The Morgan fingerprint density at radius 1 is 1.21 bits per heavy atom. The molecular formula is C16H14F3N5O2S2. The Hall–Kier alpha value is -2.47. The number of piperazine rings is 1. The molecular weight excluding hydrogens is 415 g/mol. The SMILES string of the molecule is Cc1nnsc1C(=O)N1CCN(c2nc3ccc(OC(F)(F)F)cc3s2)CC1. The summed E-state index contributed by atoms with van der Waals surface area (Å²) < 4.78 is 45.5. The average molecular weight is 429 g/mol. The van der Waals surface area contributed by atoms with Gasteiger partial charge in [0.05, 0.1) is 15.9 Å². The molecule has 4 rings (SSSR count). The van der Waals surface area contributed by atoms with Gasteiger partial charge in [0.1, 0.15) is 10.6 Å². The number of ether oxygens (including phenoxy) is 1. The van der Waals surface area contributed by atoms with E-state index in [4.69, 9.17) is 0 Å². The highest BCUT2D eigenvalue weighted by atomic mass is 32.1. The summed E-state index contributed by atoms with van der Waals surface area (Å²) in [5.74, 6) is -0.343. The van der Waals surface area contributed by atoms with Gasteiger partial charge < -0.3 is 14.5 Å². The summed E-state index contributed by atoms with van der Waals surface area (Å²) in [4.78, 5) is 21.4. The predicted octanol–water partition coefficient (Wildman–Crippen LogP) is 3.32. The van der Waals surface area contributed by atoms with Crippen LogP contribution in [-0.4, -0.2) is 57.9 Å². The average Bonchev–Trinajstić information content (AvgIpc) is 3.25. The van der Waals surface area contributed by atoms with E-state index in [0.29, 0.717) is 52.1 Å². The molecule has 0 saturated carbocycles. The molecule has 0 unspecified atom stereocenters. The molecule has 0 aliphatic carbocycles. The molecule has 7 nitrogen and oxygen atoms in total. The lowest BCUT2D eigenvalue weighted by Gasteiger charge is -2.34. The number of anilines is 1. The fourth-order valence-corrected chi connectivity index (χ4v) is 4.57. The molecule has 0 N–H and O–H groups in total. The summed E-state index contributed by atoms with van der Waals surface area (Å²) >= 11 is 2.39. The Morgan fingerprint density at radius 3 is 2.61 bits per heavy atom. The Balaban J connectivity index is 1.45. The number of thiazole rings is 1. The number of carbonyl (C=O) groups is 1. The zero-order valence-electron chi connectivity index (χ0n) is 14.6. The van der Waals surface area contributed by atoms with Crippen molar-refractivity contribution >= 4 is 44.1 Å². The standard InChI is InChI=1S/C16H14F3N5O2S2/c1-9-13(28-22-21-9)14(25)23-4-6-24(7-5-23)15-20-11-3-2-10(8-12(11)27-15)26-16(17,18)19/h2-3,8H,4-7H2,1H3. The monoisotopic (exact) mass is 429 g/mol. The van der Waals surface area contributed by atoms with Gasteiger partial charge in [-0.3, -0.25) is 4.79 Å². The molecule has 0 atom stereocenters. The van der Waals surface area contributed by atoms with Crippen LogP contribution in [0.25, 0.3) is 10.2 Å². The highest BCUT2D eigenvalue weighted by molar-refractivity contribution is 7.22. The van der Waals surface area contributed by atoms with Crippen molar-refractivity contribution in [3.63, 3.8) is 0 Å². The van der Waals surface area contributed by atoms with Crippen LogP contribution in [0.5, 0.6) is 5.75 Å². The van der Waals surface area contributed by atoms with Gasteiger partial charge in [0.25, 0.3) is 5.91 Å². The Bertz CT molecular complexity index is 1010. The van der Waals surface area contributed by atoms with Crippen molar-refractivity contribution in [3.05, 3.63) is 28.8 Å². The van der Waals surface area contributed by atoms with E-state index < -0.39 is 6.36 Å². The fourth-order valence-electron chi connectivity index (χ4n) is 2.90. The Morgan fingerprint density at radius 2 is 1.96 bits per heavy atom. The molecule has 0 bridgehead atoms. The topological polar surface area (TPSA) is 71.5 Å². The minimum Gasteiger partial charge on any atom is -0.406 e. The third kappa shape index (κ3) is 3.87. The molecule has 1 amide bonds. The van der Waals surface area contributed by atoms with Crippen molar-refractivity contribution in [1.82, 2.24) is 19.5 Å². The second-order valence-corrected chi connectivity index (χ2v) is 7.90. The molecule has 2 aromatic heterocycles. The molecule has 12 heteroatoms. The zero-order chi connectivity index (χ0) is 19.9. The van der Waals surface area contributed by atoms with Gasteiger partial charge in [-0.25, -0.2) is 4.98 Å². The van der Waals surface area contributed by atoms with Gasteiger partial charge in [-0.15, -0.1) is 18.3 Å². The van der Waals surface area contributed by atoms with Crippen molar-refractivity contribution in [3.8, 4) is 5.75 Å². The number of aryl methyl sites for hydroxylation is 1. The molecule has 3 heterocycles. The minimum absolute atomic E-state index is 0.0783. The molecule has 1 aliphatic rings. The molecule has 1 fully saturated rings. The first kappa shape index (κ1) is 18.9. The highest BCUT2D eigenvalue weighted by Gasteiger charge is 2.31. The van der Waals surface area contributed by atoms with Gasteiger partial charge in [-0.05, 0) is 30.6 Å². The van der Waals surface area contributed by atoms with Crippen LogP contribution in [-0.2, 0) is 0 Å². The summed E-state index contributed by atoms with van der Waals surface area (Å²) in [6.45, 7) is 3.97. The quantitative estimate of drug-likeness (QED) is 0.636. The normalized spacial score (nSPS) is 15.3. The molecule has 148 valence electrons. The second kappa shape index (κ2) is 7.17. The molecule has 1 aromatic carbocycles. The van der Waals surface area contributed by atoms with Crippen molar-refractivity contribution in [2.45, 2.75) is 13.3 Å². The first-order valence-electron chi connectivity index (χ1n) is 8.30. The maximum atomic E-state index is 12.5. The number of halogens is 3. The minimum atomic E-state index is -4.73. The summed E-state index contributed by atoms with van der Waals surface area (Å²) in [5, 5.41) is 4.58. The lowest BCUT2D eigenvalue weighted by Crippen LogP contribution is -2.48.